The molecule has 0 aliphatic rings. The van der Waals surface area contributed by atoms with Crippen LogP contribution in [0.1, 0.15) is 27.3 Å². The summed E-state index contributed by atoms with van der Waals surface area (Å²) < 4.78 is 5.70. The molecule has 0 radical (unpaired) electrons. The number of nitrogens with zero attached hydrogens (tertiary/aromatic N) is 2. The number of nitrogen functional groups attached to an aromatic ring is 2. The van der Waals surface area contributed by atoms with Crippen LogP contribution in [-0.4, -0.2) is 15.9 Å². The van der Waals surface area contributed by atoms with Gasteiger partial charge in [-0.25, -0.2) is 15.8 Å². The van der Waals surface area contributed by atoms with Crippen molar-refractivity contribution in [3.8, 4) is 5.75 Å². The van der Waals surface area contributed by atoms with E-state index in [1.807, 2.05) is 31.2 Å². The SMILES string of the molecule is Cc1ccccc1OCc1nc(N)nc(C)c1C(=O)NN. The molecule has 0 aliphatic heterocycles. The Kier molecular flexibility index (Phi) is 4.34. The van der Waals surface area contributed by atoms with E-state index in [1.54, 1.807) is 6.92 Å². The summed E-state index contributed by atoms with van der Waals surface area (Å²) in [7, 11) is 0. The summed E-state index contributed by atoms with van der Waals surface area (Å²) in [4.78, 5) is 19.9. The van der Waals surface area contributed by atoms with Crippen LogP contribution in [0.3, 0.4) is 0 Å². The summed E-state index contributed by atoms with van der Waals surface area (Å²) in [5.74, 6) is 5.51. The fourth-order valence-electron chi connectivity index (χ4n) is 1.99. The molecule has 0 unspecified atom stereocenters. The van der Waals surface area contributed by atoms with Gasteiger partial charge >= 0.3 is 0 Å². The van der Waals surface area contributed by atoms with Crippen LogP contribution in [0.25, 0.3) is 0 Å². The minimum Gasteiger partial charge on any atom is -0.487 e. The normalized spacial score (nSPS) is 10.2. The maximum atomic E-state index is 11.8. The molecule has 2 rings (SSSR count). The number of carbonyl (C=O) groups excluding carboxylic acids is 1. The van der Waals surface area contributed by atoms with Crippen molar-refractivity contribution >= 4 is 11.9 Å². The van der Waals surface area contributed by atoms with Crippen molar-refractivity contribution in [2.45, 2.75) is 20.5 Å². The van der Waals surface area contributed by atoms with Crippen molar-refractivity contribution in [2.24, 2.45) is 5.84 Å². The lowest BCUT2D eigenvalue weighted by Crippen LogP contribution is -2.32. The van der Waals surface area contributed by atoms with Gasteiger partial charge in [0.2, 0.25) is 5.95 Å². The summed E-state index contributed by atoms with van der Waals surface area (Å²) in [6.45, 7) is 3.70. The zero-order chi connectivity index (χ0) is 15.4. The standard InChI is InChI=1S/C14H17N5O2/c1-8-5-3-4-6-11(8)21-7-10-12(13(20)19-16)9(2)17-14(15)18-10/h3-6H,7,16H2,1-2H3,(H,19,20)(H2,15,17,18). The summed E-state index contributed by atoms with van der Waals surface area (Å²) >= 11 is 0. The number of nitrogens with two attached hydrogens (primary N) is 2. The van der Waals surface area contributed by atoms with Crippen molar-refractivity contribution in [3.63, 3.8) is 0 Å². The third-order valence-corrected chi connectivity index (χ3v) is 3.00. The Labute approximate surface area is 122 Å². The minimum absolute atomic E-state index is 0.0875. The number of aryl methyl sites for hydroxylation is 2. The average molecular weight is 287 g/mol. The Balaban J connectivity index is 2.31. The number of amides is 1. The Morgan fingerprint density at radius 1 is 1.29 bits per heavy atom. The summed E-state index contributed by atoms with van der Waals surface area (Å²) in [6.07, 6.45) is 0. The molecule has 7 nitrogen and oxygen atoms in total. The molecule has 0 saturated carbocycles. The monoisotopic (exact) mass is 287 g/mol. The van der Waals surface area contributed by atoms with Crippen LogP contribution in [-0.2, 0) is 6.61 Å². The van der Waals surface area contributed by atoms with E-state index >= 15 is 0 Å². The van der Waals surface area contributed by atoms with Crippen LogP contribution in [0, 0.1) is 13.8 Å². The van der Waals surface area contributed by atoms with Crippen molar-refractivity contribution in [2.75, 3.05) is 5.73 Å². The molecule has 1 heterocycles. The zero-order valence-corrected chi connectivity index (χ0v) is 11.9. The minimum atomic E-state index is -0.476. The molecule has 0 saturated heterocycles. The van der Waals surface area contributed by atoms with Crippen LogP contribution in [0.5, 0.6) is 5.75 Å². The number of para-hydroxylation sites is 1. The lowest BCUT2D eigenvalue weighted by molar-refractivity contribution is 0.0949. The van der Waals surface area contributed by atoms with Crippen molar-refractivity contribution in [1.82, 2.24) is 15.4 Å². The first-order chi connectivity index (χ1) is 10.0. The summed E-state index contributed by atoms with van der Waals surface area (Å²) in [5.41, 5.74) is 9.82. The van der Waals surface area contributed by atoms with E-state index in [-0.39, 0.29) is 18.1 Å². The van der Waals surface area contributed by atoms with Gasteiger partial charge in [-0.1, -0.05) is 18.2 Å². The van der Waals surface area contributed by atoms with E-state index in [9.17, 15) is 4.79 Å². The number of rotatable bonds is 4. The lowest BCUT2D eigenvalue weighted by Gasteiger charge is -2.13. The third-order valence-electron chi connectivity index (χ3n) is 3.00. The number of benzene rings is 1. The molecule has 5 N–H and O–H groups in total. The fourth-order valence-corrected chi connectivity index (χ4v) is 1.99. The highest BCUT2D eigenvalue weighted by molar-refractivity contribution is 5.95. The van der Waals surface area contributed by atoms with Gasteiger partial charge in [-0.05, 0) is 25.5 Å². The maximum Gasteiger partial charge on any atom is 0.269 e. The number of hydrogen-bond donors (Lipinski definition) is 3. The highest BCUT2D eigenvalue weighted by Gasteiger charge is 2.18. The highest BCUT2D eigenvalue weighted by atomic mass is 16.5. The number of ether oxygens (including phenoxy) is 1. The number of carbonyl (C=O) groups is 1. The number of anilines is 1. The zero-order valence-electron chi connectivity index (χ0n) is 11.9. The molecule has 7 heteroatoms. The van der Waals surface area contributed by atoms with E-state index < -0.39 is 5.91 Å². The quantitative estimate of drug-likeness (QED) is 0.436. The second-order valence-corrected chi connectivity index (χ2v) is 4.52. The van der Waals surface area contributed by atoms with E-state index in [0.29, 0.717) is 17.1 Å². The first-order valence-electron chi connectivity index (χ1n) is 6.35. The molecule has 0 aliphatic carbocycles. The van der Waals surface area contributed by atoms with Gasteiger partial charge in [0.1, 0.15) is 12.4 Å². The Hall–Kier alpha value is -2.67. The van der Waals surface area contributed by atoms with Gasteiger partial charge in [-0.15, -0.1) is 0 Å². The van der Waals surface area contributed by atoms with E-state index in [4.69, 9.17) is 16.3 Å². The highest BCUT2D eigenvalue weighted by Crippen LogP contribution is 2.19. The third kappa shape index (κ3) is 3.26. The molecule has 0 spiro atoms. The number of aromatic nitrogens is 2. The molecule has 1 aromatic carbocycles. The molecule has 0 bridgehead atoms. The summed E-state index contributed by atoms with van der Waals surface area (Å²) in [6, 6.07) is 7.57. The predicted molar refractivity (Wildman–Crippen MR) is 78.3 cm³/mol. The first-order valence-corrected chi connectivity index (χ1v) is 6.35. The Morgan fingerprint density at radius 2 is 2.00 bits per heavy atom. The Bertz CT molecular complexity index is 672. The van der Waals surface area contributed by atoms with Crippen LogP contribution < -0.4 is 21.7 Å². The molecule has 2 aromatic rings. The van der Waals surface area contributed by atoms with Gasteiger partial charge in [0.05, 0.1) is 17.0 Å². The van der Waals surface area contributed by atoms with Crippen molar-refractivity contribution < 1.29 is 9.53 Å². The van der Waals surface area contributed by atoms with Gasteiger partial charge in [-0.2, -0.15) is 0 Å². The molecule has 21 heavy (non-hydrogen) atoms. The van der Waals surface area contributed by atoms with Gasteiger partial charge in [0, 0.05) is 0 Å². The van der Waals surface area contributed by atoms with E-state index in [0.717, 1.165) is 5.56 Å². The van der Waals surface area contributed by atoms with Crippen LogP contribution in [0.4, 0.5) is 5.95 Å². The topological polar surface area (TPSA) is 116 Å². The van der Waals surface area contributed by atoms with Gasteiger partial charge in [-0.3, -0.25) is 10.2 Å². The average Bonchev–Trinajstić information content (AvgIpc) is 2.45. The summed E-state index contributed by atoms with van der Waals surface area (Å²) in [5, 5.41) is 0. The number of hydrazine groups is 1. The van der Waals surface area contributed by atoms with Gasteiger partial charge in [0.25, 0.3) is 5.91 Å². The molecule has 1 aromatic heterocycles. The maximum absolute atomic E-state index is 11.8. The number of nitrogens with one attached hydrogen (secondary N) is 1. The van der Waals surface area contributed by atoms with Crippen molar-refractivity contribution in [1.29, 1.82) is 0 Å². The van der Waals surface area contributed by atoms with Crippen molar-refractivity contribution in [3.05, 3.63) is 46.8 Å². The van der Waals surface area contributed by atoms with Gasteiger partial charge in [0.15, 0.2) is 0 Å². The molecular weight excluding hydrogens is 270 g/mol. The van der Waals surface area contributed by atoms with Crippen LogP contribution in [0.2, 0.25) is 0 Å². The van der Waals surface area contributed by atoms with E-state index in [1.165, 1.54) is 0 Å². The molecule has 1 amide bonds. The van der Waals surface area contributed by atoms with Crippen LogP contribution >= 0.6 is 0 Å². The fraction of sp³-hybridized carbons (Fsp3) is 0.214. The lowest BCUT2D eigenvalue weighted by atomic mass is 10.1. The second kappa shape index (κ2) is 6.19. The number of hydrogen-bond acceptors (Lipinski definition) is 6. The van der Waals surface area contributed by atoms with Crippen LogP contribution in [0.15, 0.2) is 24.3 Å². The Morgan fingerprint density at radius 3 is 2.67 bits per heavy atom. The molecule has 0 fully saturated rings. The molecule has 110 valence electrons. The molecular formula is C14H17N5O2. The van der Waals surface area contributed by atoms with Gasteiger partial charge < -0.3 is 10.5 Å². The second-order valence-electron chi connectivity index (χ2n) is 4.52. The predicted octanol–water partition coefficient (Wildman–Crippen LogP) is 0.858. The molecule has 0 atom stereocenters. The largest absolute Gasteiger partial charge is 0.487 e. The van der Waals surface area contributed by atoms with E-state index in [2.05, 4.69) is 15.4 Å². The first kappa shape index (κ1) is 14.7. The smallest absolute Gasteiger partial charge is 0.269 e.